The minimum Gasteiger partial charge on any atom is -0.478 e. The van der Waals surface area contributed by atoms with E-state index in [4.69, 9.17) is 5.11 Å². The predicted molar refractivity (Wildman–Crippen MR) is 86.1 cm³/mol. The Hall–Kier alpha value is -3.36. The van der Waals surface area contributed by atoms with Crippen molar-refractivity contribution < 1.29 is 24.1 Å². The molecule has 2 N–H and O–H groups in total. The molecular weight excluding hydrogens is 314 g/mol. The molecule has 0 aromatic heterocycles. The molecule has 122 valence electrons. The Labute approximate surface area is 136 Å². The van der Waals surface area contributed by atoms with E-state index in [0.717, 1.165) is 4.90 Å². The molecule has 9 heteroatoms. The molecule has 0 bridgehead atoms. The summed E-state index contributed by atoms with van der Waals surface area (Å²) in [4.78, 5) is 44.1. The van der Waals surface area contributed by atoms with E-state index in [2.05, 4.69) is 15.3 Å². The van der Waals surface area contributed by atoms with Gasteiger partial charge in [-0.1, -0.05) is 4.99 Å². The van der Waals surface area contributed by atoms with Crippen molar-refractivity contribution >= 4 is 41.0 Å². The number of anilines is 1. The molecule has 2 aliphatic rings. The second-order valence-corrected chi connectivity index (χ2v) is 5.25. The van der Waals surface area contributed by atoms with Gasteiger partial charge in [0.05, 0.1) is 26.2 Å². The lowest BCUT2D eigenvalue weighted by molar-refractivity contribution is -0.401. The number of carbonyl (C=O) groups excluding carboxylic acids is 2. The SMILES string of the molecule is CN1C(=O)C2=NC(CNc3ccc(C(=O)O)cc3)=NC2=[N+](C)C1=O. The van der Waals surface area contributed by atoms with Crippen LogP contribution in [0.1, 0.15) is 10.4 Å². The van der Waals surface area contributed by atoms with E-state index in [-0.39, 0.29) is 23.7 Å². The number of amidine groups is 2. The van der Waals surface area contributed by atoms with E-state index < -0.39 is 17.9 Å². The van der Waals surface area contributed by atoms with Crippen LogP contribution in [0.4, 0.5) is 10.5 Å². The first-order chi connectivity index (χ1) is 11.4. The number of fused-ring (bicyclic) bond motifs is 1. The molecule has 9 nitrogen and oxygen atoms in total. The van der Waals surface area contributed by atoms with Gasteiger partial charge in [-0.25, -0.2) is 19.4 Å². The molecule has 0 radical (unpaired) electrons. The van der Waals surface area contributed by atoms with Crippen molar-refractivity contribution in [3.8, 4) is 0 Å². The van der Waals surface area contributed by atoms with Crippen LogP contribution >= 0.6 is 0 Å². The van der Waals surface area contributed by atoms with Gasteiger partial charge in [-0.3, -0.25) is 0 Å². The number of hydrogen-bond acceptors (Lipinski definition) is 6. The summed E-state index contributed by atoms with van der Waals surface area (Å²) in [6.45, 7) is 0.235. The third-order valence-electron chi connectivity index (χ3n) is 3.67. The van der Waals surface area contributed by atoms with Gasteiger partial charge >= 0.3 is 23.7 Å². The Bertz CT molecular complexity index is 851. The number of hydrogen-bond donors (Lipinski definition) is 2. The Balaban J connectivity index is 1.76. The van der Waals surface area contributed by atoms with Crippen LogP contribution in [-0.2, 0) is 4.79 Å². The molecule has 3 rings (SSSR count). The van der Waals surface area contributed by atoms with Crippen LogP contribution in [0.15, 0.2) is 34.3 Å². The van der Waals surface area contributed by atoms with Crippen LogP contribution in [-0.4, -0.2) is 70.5 Å². The molecule has 0 atom stereocenters. The maximum absolute atomic E-state index is 12.1. The molecule has 24 heavy (non-hydrogen) atoms. The number of carboxylic acid groups (broad SMARTS) is 1. The van der Waals surface area contributed by atoms with Crippen molar-refractivity contribution in [2.75, 3.05) is 26.0 Å². The summed E-state index contributed by atoms with van der Waals surface area (Å²) < 4.78 is 1.27. The topological polar surface area (TPSA) is 114 Å². The molecule has 2 heterocycles. The number of urea groups is 1. The summed E-state index contributed by atoms with van der Waals surface area (Å²) in [5, 5.41) is 11.9. The second-order valence-electron chi connectivity index (χ2n) is 5.25. The zero-order valence-corrected chi connectivity index (χ0v) is 13.0. The van der Waals surface area contributed by atoms with Gasteiger partial charge in [-0.15, -0.1) is 0 Å². The largest absolute Gasteiger partial charge is 0.478 e. The number of carbonyl (C=O) groups is 3. The number of carboxylic acids is 1. The molecule has 0 saturated carbocycles. The number of aliphatic imine (C=N–C) groups is 2. The Morgan fingerprint density at radius 3 is 2.54 bits per heavy atom. The van der Waals surface area contributed by atoms with Crippen LogP contribution in [0, 0.1) is 0 Å². The molecule has 0 saturated heterocycles. The van der Waals surface area contributed by atoms with Crippen molar-refractivity contribution in [1.29, 1.82) is 0 Å². The summed E-state index contributed by atoms with van der Waals surface area (Å²) in [6, 6.07) is 5.75. The highest BCUT2D eigenvalue weighted by molar-refractivity contribution is 6.70. The van der Waals surface area contributed by atoms with Crippen LogP contribution in [0.25, 0.3) is 0 Å². The molecule has 0 aliphatic carbocycles. The Kier molecular flexibility index (Phi) is 3.68. The number of amides is 3. The minimum absolute atomic E-state index is 0.137. The first kappa shape index (κ1) is 15.5. The lowest BCUT2D eigenvalue weighted by Gasteiger charge is -2.15. The fourth-order valence-corrected chi connectivity index (χ4v) is 2.31. The average molecular weight is 328 g/mol. The van der Waals surface area contributed by atoms with Crippen LogP contribution in [0.2, 0.25) is 0 Å². The van der Waals surface area contributed by atoms with Gasteiger partial charge in [-0.2, -0.15) is 9.48 Å². The van der Waals surface area contributed by atoms with E-state index in [9.17, 15) is 14.4 Å². The van der Waals surface area contributed by atoms with Gasteiger partial charge < -0.3 is 10.4 Å². The standard InChI is InChI=1S/C15H13N5O4/c1-19-12-11(13(21)20(2)15(19)24)17-10(18-12)7-16-9-5-3-8(4-6-9)14(22)23/h3-6,16H,7H2,1-2H3/p+1. The minimum atomic E-state index is -0.996. The molecule has 2 aliphatic heterocycles. The van der Waals surface area contributed by atoms with Gasteiger partial charge in [0.25, 0.3) is 0 Å². The zero-order chi connectivity index (χ0) is 17.4. The van der Waals surface area contributed by atoms with Crippen molar-refractivity contribution in [3.63, 3.8) is 0 Å². The van der Waals surface area contributed by atoms with E-state index in [0.29, 0.717) is 11.5 Å². The van der Waals surface area contributed by atoms with Crippen molar-refractivity contribution in [2.24, 2.45) is 9.98 Å². The van der Waals surface area contributed by atoms with Crippen molar-refractivity contribution in [2.45, 2.75) is 0 Å². The zero-order valence-electron chi connectivity index (χ0n) is 13.0. The molecule has 0 spiro atoms. The van der Waals surface area contributed by atoms with E-state index in [1.54, 1.807) is 12.1 Å². The highest BCUT2D eigenvalue weighted by Gasteiger charge is 2.44. The summed E-state index contributed by atoms with van der Waals surface area (Å²) in [5.74, 6) is -0.881. The smallest absolute Gasteiger partial charge is 0.446 e. The van der Waals surface area contributed by atoms with Crippen molar-refractivity contribution in [1.82, 2.24) is 4.90 Å². The third kappa shape index (κ3) is 2.56. The van der Waals surface area contributed by atoms with Gasteiger partial charge in [0, 0.05) is 5.69 Å². The van der Waals surface area contributed by atoms with E-state index >= 15 is 0 Å². The molecule has 1 aromatic rings. The quantitative estimate of drug-likeness (QED) is 0.771. The summed E-state index contributed by atoms with van der Waals surface area (Å²) >= 11 is 0. The maximum Gasteiger partial charge on any atom is 0.446 e. The molecule has 1 aromatic carbocycles. The molecule has 0 fully saturated rings. The van der Waals surface area contributed by atoms with E-state index in [1.165, 1.54) is 30.8 Å². The van der Waals surface area contributed by atoms with Gasteiger partial charge in [0.2, 0.25) is 11.5 Å². The van der Waals surface area contributed by atoms with Crippen LogP contribution < -0.4 is 5.32 Å². The van der Waals surface area contributed by atoms with Gasteiger partial charge in [0.15, 0.2) is 0 Å². The molecule has 3 amide bonds. The van der Waals surface area contributed by atoms with Crippen LogP contribution in [0.3, 0.4) is 0 Å². The van der Waals surface area contributed by atoms with Crippen molar-refractivity contribution in [3.05, 3.63) is 29.8 Å². The predicted octanol–water partition coefficient (Wildman–Crippen LogP) is 0.283. The number of benzene rings is 1. The number of nitrogens with zero attached hydrogens (tertiary/aromatic N) is 4. The van der Waals surface area contributed by atoms with Crippen LogP contribution in [0.5, 0.6) is 0 Å². The molecular formula is C15H14N5O4+. The number of rotatable bonds is 4. The average Bonchev–Trinajstić information content (AvgIpc) is 3.01. The lowest BCUT2D eigenvalue weighted by Crippen LogP contribution is -2.51. The first-order valence-electron chi connectivity index (χ1n) is 7.05. The fourth-order valence-electron chi connectivity index (χ4n) is 2.31. The second kappa shape index (κ2) is 5.69. The fraction of sp³-hybridized carbons (Fsp3) is 0.200. The highest BCUT2D eigenvalue weighted by atomic mass is 16.4. The monoisotopic (exact) mass is 328 g/mol. The normalized spacial score (nSPS) is 16.8. The van der Waals surface area contributed by atoms with Gasteiger partial charge in [0.1, 0.15) is 0 Å². The summed E-state index contributed by atoms with van der Waals surface area (Å²) in [5.41, 5.74) is 1.02. The Morgan fingerprint density at radius 2 is 1.92 bits per heavy atom. The number of imide groups is 1. The number of nitrogens with one attached hydrogen (secondary N) is 1. The molecule has 0 unspecified atom stereocenters. The highest BCUT2D eigenvalue weighted by Crippen LogP contribution is 2.12. The summed E-state index contributed by atoms with van der Waals surface area (Å²) in [6.07, 6.45) is 0. The third-order valence-corrected chi connectivity index (χ3v) is 3.67. The lowest BCUT2D eigenvalue weighted by atomic mass is 10.2. The Morgan fingerprint density at radius 1 is 1.25 bits per heavy atom. The number of aromatic carboxylic acids is 1. The van der Waals surface area contributed by atoms with E-state index in [1.807, 2.05) is 0 Å². The first-order valence-corrected chi connectivity index (χ1v) is 7.05. The summed E-state index contributed by atoms with van der Waals surface area (Å²) in [7, 11) is 2.92. The van der Waals surface area contributed by atoms with Gasteiger partial charge in [-0.05, 0) is 24.3 Å². The maximum atomic E-state index is 12.1.